The van der Waals surface area contributed by atoms with Crippen LogP contribution in [0, 0.1) is 5.92 Å². The van der Waals surface area contributed by atoms with Crippen molar-refractivity contribution >= 4 is 23.2 Å². The summed E-state index contributed by atoms with van der Waals surface area (Å²) in [6.45, 7) is 4.86. The molecule has 2 fully saturated rings. The van der Waals surface area contributed by atoms with Gasteiger partial charge in [-0.3, -0.25) is 15.0 Å². The van der Waals surface area contributed by atoms with Crippen molar-refractivity contribution in [1.29, 1.82) is 0 Å². The SMILES string of the molecule is COc1ccccc1NC(=O)Nc1cn[nH]c1C1=NC2CCC(CN3CCOCC3)CC2N1. The topological polar surface area (TPSA) is 116 Å². The number of hydrogen-bond acceptors (Lipinski definition) is 7. The number of aromatic nitrogens is 2. The van der Waals surface area contributed by atoms with E-state index in [9.17, 15) is 4.79 Å². The normalized spacial score (nSPS) is 25.0. The summed E-state index contributed by atoms with van der Waals surface area (Å²) in [5, 5.41) is 16.4. The van der Waals surface area contributed by atoms with Gasteiger partial charge in [0.05, 0.1) is 50.0 Å². The van der Waals surface area contributed by atoms with Gasteiger partial charge in [0, 0.05) is 19.6 Å². The number of rotatable bonds is 6. The molecule has 1 saturated carbocycles. The van der Waals surface area contributed by atoms with Crippen LogP contribution in [0.1, 0.15) is 25.0 Å². The van der Waals surface area contributed by atoms with Gasteiger partial charge in [-0.25, -0.2) is 4.79 Å². The summed E-state index contributed by atoms with van der Waals surface area (Å²) < 4.78 is 10.8. The molecule has 0 spiro atoms. The van der Waals surface area contributed by atoms with E-state index in [1.54, 1.807) is 25.4 Å². The van der Waals surface area contributed by atoms with Crippen molar-refractivity contribution in [3.63, 3.8) is 0 Å². The van der Waals surface area contributed by atoms with Crippen molar-refractivity contribution in [2.24, 2.45) is 10.9 Å². The number of ether oxygens (including phenoxy) is 2. The highest BCUT2D eigenvalue weighted by molar-refractivity contribution is 6.08. The lowest BCUT2D eigenvalue weighted by Gasteiger charge is -2.35. The average Bonchev–Trinajstić information content (AvgIpc) is 3.46. The molecule has 3 aliphatic rings. The smallest absolute Gasteiger partial charge is 0.323 e. The maximum absolute atomic E-state index is 12.6. The molecule has 10 heteroatoms. The zero-order valence-corrected chi connectivity index (χ0v) is 18.8. The molecule has 3 unspecified atom stereocenters. The number of aliphatic imine (C=N–C) groups is 1. The number of morpholine rings is 1. The van der Waals surface area contributed by atoms with Crippen LogP contribution >= 0.6 is 0 Å². The van der Waals surface area contributed by atoms with E-state index < -0.39 is 0 Å². The standard InChI is InChI=1S/C23H31N7O3/c1-32-20-5-3-2-4-17(20)27-23(31)28-19-13-24-29-21(19)22-25-16-7-6-15(12-18(16)26-22)14-30-8-10-33-11-9-30/h2-5,13,15-16,18H,6-12,14H2,1H3,(H,24,29)(H,25,26)(H2,27,28,31). The molecule has 176 valence electrons. The highest BCUT2D eigenvalue weighted by atomic mass is 16.5. The maximum atomic E-state index is 12.6. The molecule has 2 amide bonds. The molecular formula is C23H31N7O3. The number of benzene rings is 1. The molecule has 0 radical (unpaired) electrons. The fourth-order valence-electron chi connectivity index (χ4n) is 4.97. The lowest BCUT2D eigenvalue weighted by Crippen LogP contribution is -2.45. The van der Waals surface area contributed by atoms with Gasteiger partial charge in [-0.2, -0.15) is 5.10 Å². The van der Waals surface area contributed by atoms with E-state index in [1.807, 2.05) is 12.1 Å². The number of urea groups is 1. The Kier molecular flexibility index (Phi) is 6.45. The van der Waals surface area contributed by atoms with Crippen molar-refractivity contribution in [1.82, 2.24) is 20.4 Å². The van der Waals surface area contributed by atoms with Gasteiger partial charge in [0.25, 0.3) is 0 Å². The minimum absolute atomic E-state index is 0.263. The van der Waals surface area contributed by atoms with E-state index >= 15 is 0 Å². The van der Waals surface area contributed by atoms with Gasteiger partial charge < -0.3 is 25.4 Å². The Bertz CT molecular complexity index is 1000. The predicted molar refractivity (Wildman–Crippen MR) is 126 cm³/mol. The second-order valence-electron chi connectivity index (χ2n) is 8.83. The monoisotopic (exact) mass is 453 g/mol. The first-order chi connectivity index (χ1) is 16.2. The third-order valence-electron chi connectivity index (χ3n) is 6.64. The summed E-state index contributed by atoms with van der Waals surface area (Å²) in [5.41, 5.74) is 1.87. The number of anilines is 2. The van der Waals surface area contributed by atoms with E-state index in [0.717, 1.165) is 51.5 Å². The summed E-state index contributed by atoms with van der Waals surface area (Å²) in [6.07, 6.45) is 4.96. The number of fused-ring (bicyclic) bond motifs is 1. The third-order valence-corrected chi connectivity index (χ3v) is 6.64. The van der Waals surface area contributed by atoms with Crippen LogP contribution in [0.15, 0.2) is 35.5 Å². The summed E-state index contributed by atoms with van der Waals surface area (Å²) in [5.74, 6) is 2.03. The highest BCUT2D eigenvalue weighted by Gasteiger charge is 2.37. The van der Waals surface area contributed by atoms with Crippen molar-refractivity contribution in [2.45, 2.75) is 31.3 Å². The molecule has 0 bridgehead atoms. The highest BCUT2D eigenvalue weighted by Crippen LogP contribution is 2.32. The molecule has 10 nitrogen and oxygen atoms in total. The molecular weight excluding hydrogens is 422 g/mol. The van der Waals surface area contributed by atoms with Crippen LogP contribution in [0.25, 0.3) is 0 Å². The molecule has 3 atom stereocenters. The number of nitrogens with one attached hydrogen (secondary N) is 4. The average molecular weight is 454 g/mol. The van der Waals surface area contributed by atoms with Crippen molar-refractivity contribution in [2.75, 3.05) is 50.6 Å². The Balaban J connectivity index is 1.19. The van der Waals surface area contributed by atoms with Gasteiger partial charge in [0.1, 0.15) is 17.3 Å². The number of H-pyrrole nitrogens is 1. The fourth-order valence-corrected chi connectivity index (χ4v) is 4.97. The Morgan fingerprint density at radius 3 is 2.88 bits per heavy atom. The van der Waals surface area contributed by atoms with E-state index in [4.69, 9.17) is 14.5 Å². The Morgan fingerprint density at radius 1 is 1.21 bits per heavy atom. The molecule has 1 saturated heterocycles. The molecule has 2 aliphatic heterocycles. The van der Waals surface area contributed by atoms with Gasteiger partial charge >= 0.3 is 6.03 Å². The molecule has 1 aromatic carbocycles. The van der Waals surface area contributed by atoms with Gasteiger partial charge in [-0.15, -0.1) is 0 Å². The minimum Gasteiger partial charge on any atom is -0.495 e. The molecule has 4 N–H and O–H groups in total. The quantitative estimate of drug-likeness (QED) is 0.533. The van der Waals surface area contributed by atoms with Gasteiger partial charge in [-0.1, -0.05) is 12.1 Å². The molecule has 33 heavy (non-hydrogen) atoms. The molecule has 5 rings (SSSR count). The van der Waals surface area contributed by atoms with Crippen molar-refractivity contribution in [3.8, 4) is 5.75 Å². The largest absolute Gasteiger partial charge is 0.495 e. The molecule has 3 heterocycles. The lowest BCUT2D eigenvalue weighted by atomic mass is 9.83. The van der Waals surface area contributed by atoms with Crippen LogP contribution in [-0.2, 0) is 4.74 Å². The summed E-state index contributed by atoms with van der Waals surface area (Å²) in [6, 6.07) is 7.48. The number of carbonyl (C=O) groups is 1. The van der Waals surface area contributed by atoms with Gasteiger partial charge in [0.15, 0.2) is 0 Å². The van der Waals surface area contributed by atoms with Crippen LogP contribution < -0.4 is 20.7 Å². The van der Waals surface area contributed by atoms with E-state index in [2.05, 4.69) is 31.0 Å². The first-order valence-electron chi connectivity index (χ1n) is 11.6. The number of amides is 2. The number of amidine groups is 1. The number of carbonyl (C=O) groups excluding carboxylic acids is 1. The zero-order valence-electron chi connectivity index (χ0n) is 18.8. The molecule has 1 aliphatic carbocycles. The second-order valence-corrected chi connectivity index (χ2v) is 8.83. The first kappa shape index (κ1) is 21.7. The minimum atomic E-state index is -0.372. The van der Waals surface area contributed by atoms with E-state index in [1.165, 1.54) is 6.42 Å². The lowest BCUT2D eigenvalue weighted by molar-refractivity contribution is 0.0266. The van der Waals surface area contributed by atoms with Crippen LogP contribution in [-0.4, -0.2) is 79.0 Å². The predicted octanol–water partition coefficient (Wildman–Crippen LogP) is 2.28. The van der Waals surface area contributed by atoms with Crippen LogP contribution in [0.2, 0.25) is 0 Å². The fraction of sp³-hybridized carbons (Fsp3) is 0.522. The molecule has 2 aromatic rings. The number of hydrogen-bond donors (Lipinski definition) is 4. The van der Waals surface area contributed by atoms with Crippen LogP contribution in [0.5, 0.6) is 5.75 Å². The van der Waals surface area contributed by atoms with Crippen LogP contribution in [0.3, 0.4) is 0 Å². The second kappa shape index (κ2) is 9.80. The summed E-state index contributed by atoms with van der Waals surface area (Å²) in [4.78, 5) is 20.0. The summed E-state index contributed by atoms with van der Waals surface area (Å²) in [7, 11) is 1.57. The van der Waals surface area contributed by atoms with Crippen molar-refractivity contribution < 1.29 is 14.3 Å². The Morgan fingerprint density at radius 2 is 2.03 bits per heavy atom. The third kappa shape index (κ3) is 4.96. The number of nitrogens with zero attached hydrogens (tertiary/aromatic N) is 3. The van der Waals surface area contributed by atoms with E-state index in [0.29, 0.717) is 34.8 Å². The molecule has 1 aromatic heterocycles. The zero-order chi connectivity index (χ0) is 22.6. The van der Waals surface area contributed by atoms with Crippen LogP contribution in [0.4, 0.5) is 16.2 Å². The first-order valence-corrected chi connectivity index (χ1v) is 11.6. The Labute approximate surface area is 193 Å². The number of para-hydroxylation sites is 2. The Hall–Kier alpha value is -3.11. The number of aromatic amines is 1. The van der Waals surface area contributed by atoms with E-state index in [-0.39, 0.29) is 12.1 Å². The van der Waals surface area contributed by atoms with Gasteiger partial charge in [-0.05, 0) is 37.3 Å². The summed E-state index contributed by atoms with van der Waals surface area (Å²) >= 11 is 0. The maximum Gasteiger partial charge on any atom is 0.323 e. The number of methoxy groups -OCH3 is 1. The van der Waals surface area contributed by atoms with Crippen molar-refractivity contribution in [3.05, 3.63) is 36.2 Å². The van der Waals surface area contributed by atoms with Gasteiger partial charge in [0.2, 0.25) is 0 Å².